The van der Waals surface area contributed by atoms with Gasteiger partial charge in [0.1, 0.15) is 0 Å². The van der Waals surface area contributed by atoms with E-state index < -0.39 is 12.1 Å². The van der Waals surface area contributed by atoms with Gasteiger partial charge < -0.3 is 29.0 Å². The molecule has 1 amide bonds. The predicted octanol–water partition coefficient (Wildman–Crippen LogP) is 4.62. The standard InChI is InChI=1S/C29H36N2O7/c1-3-35-26(32)19-38-28-27(20(2)13-15-30-28)22-9-11-23(12-10-22)36-18-24-25(14-16-31(24)29(33)34)37-17-21-7-5-4-6-8-21/h4-9,13,15,23-25H,3,10-12,14,16-19H2,1-2H3,(H,33,34). The van der Waals surface area contributed by atoms with Crippen molar-refractivity contribution in [1.82, 2.24) is 9.88 Å². The number of carbonyl (C=O) groups excluding carboxylic acids is 1. The topological polar surface area (TPSA) is 107 Å². The normalized spacial score (nSPS) is 21.2. The van der Waals surface area contributed by atoms with E-state index in [4.69, 9.17) is 18.9 Å². The number of amides is 1. The minimum absolute atomic E-state index is 0.0225. The Hall–Kier alpha value is -3.43. The van der Waals surface area contributed by atoms with Gasteiger partial charge in [0.2, 0.25) is 5.88 Å². The van der Waals surface area contributed by atoms with Gasteiger partial charge in [0.15, 0.2) is 6.61 Å². The first-order valence-corrected chi connectivity index (χ1v) is 13.2. The van der Waals surface area contributed by atoms with E-state index in [9.17, 15) is 14.7 Å². The van der Waals surface area contributed by atoms with E-state index >= 15 is 0 Å². The minimum atomic E-state index is -0.947. The van der Waals surface area contributed by atoms with E-state index in [1.165, 1.54) is 4.90 Å². The molecule has 9 nitrogen and oxygen atoms in total. The van der Waals surface area contributed by atoms with Crippen LogP contribution in [-0.2, 0) is 25.6 Å². The van der Waals surface area contributed by atoms with E-state index in [1.807, 2.05) is 43.3 Å². The highest BCUT2D eigenvalue weighted by Gasteiger charge is 2.38. The maximum atomic E-state index is 11.8. The van der Waals surface area contributed by atoms with Crippen molar-refractivity contribution in [2.45, 2.75) is 64.4 Å². The number of likely N-dealkylation sites (tertiary alicyclic amines) is 1. The average molecular weight is 525 g/mol. The zero-order valence-electron chi connectivity index (χ0n) is 22.0. The number of carbonyl (C=O) groups is 2. The van der Waals surface area contributed by atoms with Crippen LogP contribution in [-0.4, -0.2) is 71.7 Å². The van der Waals surface area contributed by atoms with E-state index in [2.05, 4.69) is 11.1 Å². The van der Waals surface area contributed by atoms with Gasteiger partial charge in [-0.2, -0.15) is 0 Å². The number of aryl methyl sites for hydroxylation is 1. The van der Waals surface area contributed by atoms with Gasteiger partial charge in [0, 0.05) is 18.3 Å². The highest BCUT2D eigenvalue weighted by Crippen LogP contribution is 2.35. The second-order valence-electron chi connectivity index (χ2n) is 9.53. The highest BCUT2D eigenvalue weighted by molar-refractivity contribution is 5.74. The lowest BCUT2D eigenvalue weighted by molar-refractivity contribution is -0.145. The van der Waals surface area contributed by atoms with Gasteiger partial charge in [0.05, 0.1) is 38.1 Å². The van der Waals surface area contributed by atoms with Gasteiger partial charge in [0.25, 0.3) is 0 Å². The number of hydrogen-bond donors (Lipinski definition) is 1. The van der Waals surface area contributed by atoms with E-state index in [1.54, 1.807) is 13.1 Å². The Morgan fingerprint density at radius 3 is 2.66 bits per heavy atom. The van der Waals surface area contributed by atoms with E-state index in [-0.39, 0.29) is 24.9 Å². The zero-order valence-corrected chi connectivity index (χ0v) is 22.0. The van der Waals surface area contributed by atoms with Crippen molar-refractivity contribution in [1.29, 1.82) is 0 Å². The van der Waals surface area contributed by atoms with Crippen LogP contribution in [0.15, 0.2) is 48.7 Å². The lowest BCUT2D eigenvalue weighted by atomic mass is 9.90. The number of esters is 1. The van der Waals surface area contributed by atoms with Crippen LogP contribution in [0.2, 0.25) is 0 Å². The minimum Gasteiger partial charge on any atom is -0.465 e. The van der Waals surface area contributed by atoms with Crippen molar-refractivity contribution in [3.05, 3.63) is 65.4 Å². The number of pyridine rings is 1. The monoisotopic (exact) mass is 524 g/mol. The highest BCUT2D eigenvalue weighted by atomic mass is 16.6. The summed E-state index contributed by atoms with van der Waals surface area (Å²) in [6.07, 6.45) is 5.50. The van der Waals surface area contributed by atoms with Crippen LogP contribution in [0.25, 0.3) is 5.57 Å². The van der Waals surface area contributed by atoms with E-state index in [0.717, 1.165) is 35.1 Å². The third-order valence-corrected chi connectivity index (χ3v) is 6.98. The molecular formula is C29H36N2O7. The SMILES string of the molecule is CCOC(=O)COc1nccc(C)c1C1=CCC(OCC2C(OCc3ccccc3)CCN2C(=O)O)CC1. The molecule has 4 rings (SSSR count). The number of allylic oxidation sites excluding steroid dienone is 1. The van der Waals surface area contributed by atoms with Gasteiger partial charge in [-0.3, -0.25) is 0 Å². The smallest absolute Gasteiger partial charge is 0.407 e. The number of benzene rings is 1. The van der Waals surface area contributed by atoms with Crippen LogP contribution in [0.1, 0.15) is 49.3 Å². The quantitative estimate of drug-likeness (QED) is 0.424. The van der Waals surface area contributed by atoms with Crippen molar-refractivity contribution in [2.75, 3.05) is 26.4 Å². The molecule has 0 saturated carbocycles. The van der Waals surface area contributed by atoms with Crippen LogP contribution in [0, 0.1) is 6.92 Å². The third kappa shape index (κ3) is 7.11. The molecule has 9 heteroatoms. The average Bonchev–Trinajstić information content (AvgIpc) is 3.34. The lowest BCUT2D eigenvalue weighted by Gasteiger charge is -2.29. The first-order valence-electron chi connectivity index (χ1n) is 13.2. The maximum Gasteiger partial charge on any atom is 0.407 e. The summed E-state index contributed by atoms with van der Waals surface area (Å²) in [5, 5.41) is 9.70. The van der Waals surface area contributed by atoms with Crippen molar-refractivity contribution in [3.63, 3.8) is 0 Å². The number of carboxylic acid groups (broad SMARTS) is 1. The van der Waals surface area contributed by atoms with Gasteiger partial charge in [-0.1, -0.05) is 36.4 Å². The summed E-state index contributed by atoms with van der Waals surface area (Å²) in [6.45, 7) is 5.03. The van der Waals surface area contributed by atoms with Gasteiger partial charge in [-0.15, -0.1) is 0 Å². The number of hydrogen-bond acceptors (Lipinski definition) is 7. The summed E-state index contributed by atoms with van der Waals surface area (Å²) < 4.78 is 23.0. The van der Waals surface area contributed by atoms with Crippen molar-refractivity contribution in [2.24, 2.45) is 0 Å². The van der Waals surface area contributed by atoms with Crippen LogP contribution < -0.4 is 4.74 Å². The number of rotatable bonds is 11. The van der Waals surface area contributed by atoms with E-state index in [0.29, 0.717) is 45.1 Å². The van der Waals surface area contributed by atoms with Crippen molar-refractivity contribution >= 4 is 17.6 Å². The fourth-order valence-corrected chi connectivity index (χ4v) is 5.02. The molecule has 1 aromatic carbocycles. The first-order chi connectivity index (χ1) is 18.5. The van der Waals surface area contributed by atoms with Crippen LogP contribution in [0.3, 0.4) is 0 Å². The fraction of sp³-hybridized carbons (Fsp3) is 0.483. The molecule has 1 aromatic heterocycles. The van der Waals surface area contributed by atoms with Crippen LogP contribution in [0.5, 0.6) is 5.88 Å². The number of nitrogens with zero attached hydrogens (tertiary/aromatic N) is 2. The molecule has 1 saturated heterocycles. The summed E-state index contributed by atoms with van der Waals surface area (Å²) in [6, 6.07) is 11.5. The molecule has 1 N–H and O–H groups in total. The molecule has 38 heavy (non-hydrogen) atoms. The molecule has 2 aromatic rings. The molecule has 3 atom stereocenters. The van der Waals surface area contributed by atoms with Crippen LogP contribution in [0.4, 0.5) is 4.79 Å². The molecule has 3 unspecified atom stereocenters. The third-order valence-electron chi connectivity index (χ3n) is 6.98. The molecule has 2 heterocycles. The Morgan fingerprint density at radius 2 is 1.95 bits per heavy atom. The zero-order chi connectivity index (χ0) is 26.9. The summed E-state index contributed by atoms with van der Waals surface area (Å²) in [4.78, 5) is 29.4. The van der Waals surface area contributed by atoms with Crippen molar-refractivity contribution in [3.8, 4) is 5.88 Å². The molecule has 0 bridgehead atoms. The Kier molecular flexibility index (Phi) is 9.73. The second-order valence-corrected chi connectivity index (χ2v) is 9.53. The summed E-state index contributed by atoms with van der Waals surface area (Å²) in [5.41, 5.74) is 4.08. The molecular weight excluding hydrogens is 488 g/mol. The molecule has 1 fully saturated rings. The largest absolute Gasteiger partial charge is 0.465 e. The molecule has 1 aliphatic heterocycles. The molecule has 0 spiro atoms. The Bertz CT molecular complexity index is 1120. The molecule has 204 valence electrons. The van der Waals surface area contributed by atoms with Gasteiger partial charge in [-0.05, 0) is 62.3 Å². The van der Waals surface area contributed by atoms with Crippen molar-refractivity contribution < 1.29 is 33.6 Å². The Morgan fingerprint density at radius 1 is 1.13 bits per heavy atom. The van der Waals surface area contributed by atoms with Gasteiger partial charge in [-0.25, -0.2) is 14.6 Å². The Balaban J connectivity index is 1.35. The predicted molar refractivity (Wildman–Crippen MR) is 141 cm³/mol. The lowest BCUT2D eigenvalue weighted by Crippen LogP contribution is -2.43. The number of aromatic nitrogens is 1. The fourth-order valence-electron chi connectivity index (χ4n) is 5.02. The summed E-state index contributed by atoms with van der Waals surface area (Å²) in [7, 11) is 0. The van der Waals surface area contributed by atoms with Gasteiger partial charge >= 0.3 is 12.1 Å². The second kappa shape index (κ2) is 13.4. The maximum absolute atomic E-state index is 11.8. The Labute approximate surface area is 223 Å². The first kappa shape index (κ1) is 27.6. The molecule has 0 radical (unpaired) electrons. The summed E-state index contributed by atoms with van der Waals surface area (Å²) in [5.74, 6) is -0.00801. The molecule has 1 aliphatic carbocycles. The summed E-state index contributed by atoms with van der Waals surface area (Å²) >= 11 is 0. The van der Waals surface area contributed by atoms with Crippen LogP contribution >= 0.6 is 0 Å². The molecule has 2 aliphatic rings. The number of ether oxygens (including phenoxy) is 4.